The van der Waals surface area contributed by atoms with E-state index < -0.39 is 0 Å². The second-order valence-electron chi connectivity index (χ2n) is 7.34. The zero-order chi connectivity index (χ0) is 17.0. The molecule has 1 heterocycles. The lowest BCUT2D eigenvalue weighted by molar-refractivity contribution is -0.121. The van der Waals surface area contributed by atoms with Gasteiger partial charge in [-0.1, -0.05) is 12.1 Å². The molecule has 2 N–H and O–H groups in total. The molecule has 1 aliphatic heterocycles. The number of likely N-dealkylation sites (tertiary alicyclic amines) is 1. The average molecular weight is 317 g/mol. The van der Waals surface area contributed by atoms with Crippen LogP contribution in [0, 0.1) is 5.92 Å². The van der Waals surface area contributed by atoms with Crippen LogP contribution in [-0.4, -0.2) is 42.4 Å². The Kier molecular flexibility index (Phi) is 5.42. The minimum atomic E-state index is -0.319. The van der Waals surface area contributed by atoms with Crippen molar-refractivity contribution in [3.63, 3.8) is 0 Å². The van der Waals surface area contributed by atoms with Crippen LogP contribution >= 0.6 is 0 Å². The molecule has 1 fully saturated rings. The Morgan fingerprint density at radius 2 is 1.91 bits per heavy atom. The van der Waals surface area contributed by atoms with Gasteiger partial charge in [0.15, 0.2) is 0 Å². The average Bonchev–Trinajstić information content (AvgIpc) is 2.46. The minimum absolute atomic E-state index is 0.00689. The second kappa shape index (κ2) is 7.13. The van der Waals surface area contributed by atoms with Crippen molar-refractivity contribution in [2.45, 2.75) is 39.2 Å². The number of carbonyl (C=O) groups is 2. The molecule has 126 valence electrons. The van der Waals surface area contributed by atoms with Gasteiger partial charge in [0, 0.05) is 12.1 Å². The highest BCUT2D eigenvalue weighted by Crippen LogP contribution is 2.20. The van der Waals surface area contributed by atoms with E-state index in [0.29, 0.717) is 11.3 Å². The molecule has 0 spiro atoms. The molecule has 5 heteroatoms. The molecule has 0 radical (unpaired) electrons. The summed E-state index contributed by atoms with van der Waals surface area (Å²) in [5.74, 6) is -0.200. The van der Waals surface area contributed by atoms with Crippen LogP contribution in [0.2, 0.25) is 0 Å². The number of hydrogen-bond donors (Lipinski definition) is 2. The van der Waals surface area contributed by atoms with Crippen LogP contribution in [0.1, 0.15) is 44.0 Å². The van der Waals surface area contributed by atoms with Gasteiger partial charge in [-0.25, -0.2) is 0 Å². The summed E-state index contributed by atoms with van der Waals surface area (Å²) in [4.78, 5) is 27.1. The van der Waals surface area contributed by atoms with Crippen molar-refractivity contribution in [2.24, 2.45) is 5.92 Å². The van der Waals surface area contributed by atoms with Gasteiger partial charge in [0.1, 0.15) is 0 Å². The molecular weight excluding hydrogens is 290 g/mol. The molecule has 1 unspecified atom stereocenters. The fraction of sp³-hybridized carbons (Fsp3) is 0.556. The van der Waals surface area contributed by atoms with E-state index in [4.69, 9.17) is 0 Å². The van der Waals surface area contributed by atoms with Crippen molar-refractivity contribution in [1.82, 2.24) is 10.2 Å². The third-order valence-electron chi connectivity index (χ3n) is 3.91. The molecule has 23 heavy (non-hydrogen) atoms. The number of piperidine rings is 1. The zero-order valence-electron chi connectivity index (χ0n) is 14.5. The minimum Gasteiger partial charge on any atom is -0.347 e. The van der Waals surface area contributed by atoms with Crippen LogP contribution in [0.3, 0.4) is 0 Å². The summed E-state index contributed by atoms with van der Waals surface area (Å²) in [5, 5.41) is 5.88. The largest absolute Gasteiger partial charge is 0.347 e. The van der Waals surface area contributed by atoms with Gasteiger partial charge in [0.2, 0.25) is 5.91 Å². The smallest absolute Gasteiger partial charge is 0.253 e. The van der Waals surface area contributed by atoms with E-state index in [2.05, 4.69) is 15.5 Å². The summed E-state index contributed by atoms with van der Waals surface area (Å²) in [6.45, 7) is 7.61. The number of rotatable bonds is 3. The monoisotopic (exact) mass is 317 g/mol. The van der Waals surface area contributed by atoms with Crippen LogP contribution in [0.25, 0.3) is 0 Å². The van der Waals surface area contributed by atoms with Gasteiger partial charge in [-0.2, -0.15) is 0 Å². The maximum absolute atomic E-state index is 12.5. The quantitative estimate of drug-likeness (QED) is 0.900. The molecular formula is C18H27N3O2. The molecule has 5 nitrogen and oxygen atoms in total. The maximum Gasteiger partial charge on any atom is 0.253 e. The van der Waals surface area contributed by atoms with Crippen LogP contribution in [0.5, 0.6) is 0 Å². The standard InChI is InChI=1S/C18H27N3O2/c1-18(2,3)20-17(23)14-9-5-6-10-15(14)19-16(22)13-8-7-11-21(4)12-13/h5-6,9-10,13H,7-8,11-12H2,1-4H3,(H,19,22)(H,20,23). The number of para-hydroxylation sites is 1. The lowest BCUT2D eigenvalue weighted by Crippen LogP contribution is -2.41. The van der Waals surface area contributed by atoms with Crippen LogP contribution in [0.15, 0.2) is 24.3 Å². The fourth-order valence-electron chi connectivity index (χ4n) is 2.81. The first-order valence-electron chi connectivity index (χ1n) is 8.17. The molecule has 0 saturated carbocycles. The van der Waals surface area contributed by atoms with Gasteiger partial charge in [-0.3, -0.25) is 9.59 Å². The predicted molar refractivity (Wildman–Crippen MR) is 92.5 cm³/mol. The predicted octanol–water partition coefficient (Wildman–Crippen LogP) is 2.50. The highest BCUT2D eigenvalue weighted by atomic mass is 16.2. The molecule has 1 aliphatic rings. The maximum atomic E-state index is 12.5. The second-order valence-corrected chi connectivity index (χ2v) is 7.34. The van der Waals surface area contributed by atoms with E-state index in [-0.39, 0.29) is 23.3 Å². The van der Waals surface area contributed by atoms with Crippen LogP contribution < -0.4 is 10.6 Å². The van der Waals surface area contributed by atoms with Crippen molar-refractivity contribution in [1.29, 1.82) is 0 Å². The van der Waals surface area contributed by atoms with Crippen molar-refractivity contribution >= 4 is 17.5 Å². The molecule has 1 saturated heterocycles. The number of anilines is 1. The first kappa shape index (κ1) is 17.5. The third-order valence-corrected chi connectivity index (χ3v) is 3.91. The molecule has 1 aromatic rings. The Hall–Kier alpha value is -1.88. The number of hydrogen-bond acceptors (Lipinski definition) is 3. The van der Waals surface area contributed by atoms with Crippen molar-refractivity contribution in [3.8, 4) is 0 Å². The molecule has 1 atom stereocenters. The van der Waals surface area contributed by atoms with Crippen molar-refractivity contribution < 1.29 is 9.59 Å². The summed E-state index contributed by atoms with van der Waals surface area (Å²) in [6, 6.07) is 7.16. The van der Waals surface area contributed by atoms with E-state index in [1.165, 1.54) is 0 Å². The van der Waals surface area contributed by atoms with Gasteiger partial charge in [0.25, 0.3) is 5.91 Å². The Morgan fingerprint density at radius 3 is 2.57 bits per heavy atom. The van der Waals surface area contributed by atoms with Gasteiger partial charge < -0.3 is 15.5 Å². The van der Waals surface area contributed by atoms with Gasteiger partial charge >= 0.3 is 0 Å². The topological polar surface area (TPSA) is 61.4 Å². The van der Waals surface area contributed by atoms with Crippen LogP contribution in [0.4, 0.5) is 5.69 Å². The molecule has 0 aliphatic carbocycles. The molecule has 2 amide bonds. The lowest BCUT2D eigenvalue weighted by atomic mass is 9.97. The molecule has 0 aromatic heterocycles. The summed E-state index contributed by atoms with van der Waals surface area (Å²) >= 11 is 0. The SMILES string of the molecule is CN1CCCC(C(=O)Nc2ccccc2C(=O)NC(C)(C)C)C1. The number of amides is 2. The highest BCUT2D eigenvalue weighted by Gasteiger charge is 2.25. The summed E-state index contributed by atoms with van der Waals surface area (Å²) in [7, 11) is 2.03. The van der Waals surface area contributed by atoms with Crippen molar-refractivity contribution in [2.75, 3.05) is 25.5 Å². The Bertz CT molecular complexity index is 578. The van der Waals surface area contributed by atoms with E-state index in [9.17, 15) is 9.59 Å². The molecule has 0 bridgehead atoms. The highest BCUT2D eigenvalue weighted by molar-refractivity contribution is 6.04. The number of carbonyl (C=O) groups excluding carboxylic acids is 2. The number of benzene rings is 1. The normalized spacial score (nSPS) is 19.2. The Morgan fingerprint density at radius 1 is 1.22 bits per heavy atom. The number of nitrogens with zero attached hydrogens (tertiary/aromatic N) is 1. The van der Waals surface area contributed by atoms with E-state index in [0.717, 1.165) is 25.9 Å². The summed E-state index contributed by atoms with van der Waals surface area (Å²) in [5.41, 5.74) is 0.757. The zero-order valence-corrected chi connectivity index (χ0v) is 14.5. The molecule has 1 aromatic carbocycles. The van der Waals surface area contributed by atoms with Gasteiger partial charge in [0.05, 0.1) is 17.2 Å². The number of nitrogens with one attached hydrogen (secondary N) is 2. The third kappa shape index (κ3) is 5.06. The van der Waals surface area contributed by atoms with E-state index in [1.54, 1.807) is 12.1 Å². The molecule has 2 rings (SSSR count). The Labute approximate surface area is 138 Å². The van der Waals surface area contributed by atoms with E-state index >= 15 is 0 Å². The van der Waals surface area contributed by atoms with Gasteiger partial charge in [-0.05, 0) is 59.3 Å². The fourth-order valence-corrected chi connectivity index (χ4v) is 2.81. The van der Waals surface area contributed by atoms with Gasteiger partial charge in [-0.15, -0.1) is 0 Å². The Balaban J connectivity index is 2.11. The van der Waals surface area contributed by atoms with Crippen LogP contribution in [-0.2, 0) is 4.79 Å². The first-order chi connectivity index (χ1) is 10.8. The first-order valence-corrected chi connectivity index (χ1v) is 8.17. The van der Waals surface area contributed by atoms with E-state index in [1.807, 2.05) is 40.0 Å². The summed E-state index contributed by atoms with van der Waals surface area (Å²) in [6.07, 6.45) is 1.92. The summed E-state index contributed by atoms with van der Waals surface area (Å²) < 4.78 is 0. The van der Waals surface area contributed by atoms with Crippen molar-refractivity contribution in [3.05, 3.63) is 29.8 Å². The lowest BCUT2D eigenvalue weighted by Gasteiger charge is -2.29.